The van der Waals surface area contributed by atoms with Crippen molar-refractivity contribution in [2.75, 3.05) is 0 Å². The molecular weight excluding hydrogens is 258 g/mol. The highest BCUT2D eigenvalue weighted by Gasteiger charge is 2.16. The van der Waals surface area contributed by atoms with Crippen LogP contribution >= 0.6 is 0 Å². The lowest BCUT2D eigenvalue weighted by atomic mass is 10.1. The summed E-state index contributed by atoms with van der Waals surface area (Å²) >= 11 is 0. The van der Waals surface area contributed by atoms with Gasteiger partial charge in [0.1, 0.15) is 6.61 Å². The van der Waals surface area contributed by atoms with Crippen molar-refractivity contribution >= 4 is 12.1 Å². The van der Waals surface area contributed by atoms with Crippen LogP contribution in [0.25, 0.3) is 0 Å². The normalized spacial score (nSPS) is 11.7. The van der Waals surface area contributed by atoms with Gasteiger partial charge in [0.05, 0.1) is 6.42 Å². The third kappa shape index (κ3) is 6.78. The predicted molar refractivity (Wildman–Crippen MR) is 75.3 cm³/mol. The number of rotatable bonds is 8. The van der Waals surface area contributed by atoms with Gasteiger partial charge < -0.3 is 15.2 Å². The Morgan fingerprint density at radius 3 is 2.60 bits per heavy atom. The number of aliphatic carboxylic acids is 1. The van der Waals surface area contributed by atoms with E-state index in [1.807, 2.05) is 37.3 Å². The monoisotopic (exact) mass is 279 g/mol. The SMILES string of the molecule is CCCC[C@H](CC(=O)O)NC(=O)OCc1ccccc1. The lowest BCUT2D eigenvalue weighted by Gasteiger charge is -2.16. The van der Waals surface area contributed by atoms with Crippen LogP contribution in [-0.2, 0) is 16.1 Å². The number of carbonyl (C=O) groups excluding carboxylic acids is 1. The molecule has 1 atom stereocenters. The van der Waals surface area contributed by atoms with Crippen molar-refractivity contribution in [3.8, 4) is 0 Å². The first kappa shape index (κ1) is 16.0. The molecular formula is C15H21NO4. The van der Waals surface area contributed by atoms with Crippen LogP contribution in [0.1, 0.15) is 38.2 Å². The number of unbranched alkanes of at least 4 members (excludes halogenated alkanes) is 1. The molecule has 1 amide bonds. The third-order valence-corrected chi connectivity index (χ3v) is 2.86. The number of amides is 1. The highest BCUT2D eigenvalue weighted by Crippen LogP contribution is 2.06. The average molecular weight is 279 g/mol. The van der Waals surface area contributed by atoms with Gasteiger partial charge in [-0.15, -0.1) is 0 Å². The maximum absolute atomic E-state index is 11.6. The van der Waals surface area contributed by atoms with Gasteiger partial charge in [-0.25, -0.2) is 4.79 Å². The summed E-state index contributed by atoms with van der Waals surface area (Å²) in [5, 5.41) is 11.4. The maximum Gasteiger partial charge on any atom is 0.407 e. The van der Waals surface area contributed by atoms with Crippen LogP contribution in [0.15, 0.2) is 30.3 Å². The molecule has 0 aliphatic carbocycles. The maximum atomic E-state index is 11.6. The lowest BCUT2D eigenvalue weighted by molar-refractivity contribution is -0.137. The number of carboxylic acid groups (broad SMARTS) is 1. The van der Waals surface area contributed by atoms with Crippen LogP contribution in [0.5, 0.6) is 0 Å². The van der Waals surface area contributed by atoms with Crippen molar-refractivity contribution in [3.05, 3.63) is 35.9 Å². The van der Waals surface area contributed by atoms with E-state index >= 15 is 0 Å². The van der Waals surface area contributed by atoms with E-state index in [4.69, 9.17) is 9.84 Å². The van der Waals surface area contributed by atoms with Crippen LogP contribution in [0.3, 0.4) is 0 Å². The van der Waals surface area contributed by atoms with E-state index in [1.165, 1.54) is 0 Å². The Labute approximate surface area is 118 Å². The molecule has 0 aliphatic rings. The van der Waals surface area contributed by atoms with Crippen LogP contribution in [0.4, 0.5) is 4.79 Å². The van der Waals surface area contributed by atoms with Gasteiger partial charge in [-0.2, -0.15) is 0 Å². The van der Waals surface area contributed by atoms with Crippen LogP contribution < -0.4 is 5.32 Å². The fourth-order valence-corrected chi connectivity index (χ4v) is 1.82. The fourth-order valence-electron chi connectivity index (χ4n) is 1.82. The van der Waals surface area contributed by atoms with Gasteiger partial charge in [-0.1, -0.05) is 50.1 Å². The third-order valence-electron chi connectivity index (χ3n) is 2.86. The summed E-state index contributed by atoms with van der Waals surface area (Å²) in [7, 11) is 0. The molecule has 0 fully saturated rings. The fraction of sp³-hybridized carbons (Fsp3) is 0.467. The molecule has 1 rings (SSSR count). The highest BCUT2D eigenvalue weighted by molar-refractivity contribution is 5.71. The Bertz CT molecular complexity index is 419. The van der Waals surface area contributed by atoms with E-state index in [-0.39, 0.29) is 19.1 Å². The number of benzene rings is 1. The number of carbonyl (C=O) groups is 2. The molecule has 0 unspecified atom stereocenters. The molecule has 110 valence electrons. The van der Waals surface area contributed by atoms with E-state index < -0.39 is 12.1 Å². The molecule has 0 bridgehead atoms. The van der Waals surface area contributed by atoms with E-state index in [0.29, 0.717) is 6.42 Å². The van der Waals surface area contributed by atoms with Gasteiger partial charge in [-0.3, -0.25) is 4.79 Å². The van der Waals surface area contributed by atoms with Crippen molar-refractivity contribution < 1.29 is 19.4 Å². The van der Waals surface area contributed by atoms with E-state index in [0.717, 1.165) is 18.4 Å². The first-order chi connectivity index (χ1) is 9.61. The second-order valence-corrected chi connectivity index (χ2v) is 4.64. The molecule has 0 aliphatic heterocycles. The number of hydrogen-bond donors (Lipinski definition) is 2. The van der Waals surface area contributed by atoms with Gasteiger partial charge in [0.2, 0.25) is 0 Å². The first-order valence-electron chi connectivity index (χ1n) is 6.80. The predicted octanol–water partition coefficient (Wildman–Crippen LogP) is 2.95. The summed E-state index contributed by atoms with van der Waals surface area (Å²) in [4.78, 5) is 22.4. The van der Waals surface area contributed by atoms with E-state index in [9.17, 15) is 9.59 Å². The standard InChI is InChI=1S/C15H21NO4/c1-2-3-9-13(10-14(17)18)16-15(19)20-11-12-7-5-4-6-8-12/h4-8,13H,2-3,9-11H2,1H3,(H,16,19)(H,17,18)/t13-/m1/s1. The summed E-state index contributed by atoms with van der Waals surface area (Å²) in [5.74, 6) is -0.922. The molecule has 2 N–H and O–H groups in total. The minimum Gasteiger partial charge on any atom is -0.481 e. The number of ether oxygens (including phenoxy) is 1. The largest absolute Gasteiger partial charge is 0.481 e. The number of hydrogen-bond acceptors (Lipinski definition) is 3. The van der Waals surface area contributed by atoms with Crippen molar-refractivity contribution in [1.29, 1.82) is 0 Å². The van der Waals surface area contributed by atoms with Crippen molar-refractivity contribution in [3.63, 3.8) is 0 Å². The Hall–Kier alpha value is -2.04. The summed E-state index contributed by atoms with van der Waals surface area (Å²) in [6.45, 7) is 2.20. The van der Waals surface area contributed by atoms with Gasteiger partial charge >= 0.3 is 12.1 Å². The van der Waals surface area contributed by atoms with E-state index in [2.05, 4.69) is 5.32 Å². The summed E-state index contributed by atoms with van der Waals surface area (Å²) in [6.07, 6.45) is 1.81. The van der Waals surface area contributed by atoms with Crippen molar-refractivity contribution in [1.82, 2.24) is 5.32 Å². The smallest absolute Gasteiger partial charge is 0.407 e. The summed E-state index contributed by atoms with van der Waals surface area (Å²) < 4.78 is 5.08. The van der Waals surface area contributed by atoms with Crippen LogP contribution in [-0.4, -0.2) is 23.2 Å². The first-order valence-corrected chi connectivity index (χ1v) is 6.80. The number of alkyl carbamates (subject to hydrolysis) is 1. The molecule has 0 saturated heterocycles. The Balaban J connectivity index is 2.38. The summed E-state index contributed by atoms with van der Waals surface area (Å²) in [5.41, 5.74) is 0.894. The average Bonchev–Trinajstić information content (AvgIpc) is 2.43. The zero-order valence-corrected chi connectivity index (χ0v) is 11.7. The quantitative estimate of drug-likeness (QED) is 0.767. The van der Waals surface area contributed by atoms with Crippen LogP contribution in [0, 0.1) is 0 Å². The second-order valence-electron chi connectivity index (χ2n) is 4.64. The molecule has 0 aromatic heterocycles. The van der Waals surface area contributed by atoms with Gasteiger partial charge in [-0.05, 0) is 12.0 Å². The van der Waals surface area contributed by atoms with Crippen LogP contribution in [0.2, 0.25) is 0 Å². The molecule has 20 heavy (non-hydrogen) atoms. The molecule has 1 aromatic rings. The minimum absolute atomic E-state index is 0.0829. The topological polar surface area (TPSA) is 75.6 Å². The Morgan fingerprint density at radius 1 is 1.30 bits per heavy atom. The minimum atomic E-state index is -0.922. The zero-order chi connectivity index (χ0) is 14.8. The van der Waals surface area contributed by atoms with Crippen molar-refractivity contribution in [2.45, 2.75) is 45.3 Å². The van der Waals surface area contributed by atoms with E-state index in [1.54, 1.807) is 0 Å². The Kier molecular flexibility index (Phi) is 7.17. The summed E-state index contributed by atoms with van der Waals surface area (Å²) in [6, 6.07) is 8.96. The molecule has 5 heteroatoms. The zero-order valence-electron chi connectivity index (χ0n) is 11.7. The van der Waals surface area contributed by atoms with Crippen molar-refractivity contribution in [2.24, 2.45) is 0 Å². The van der Waals surface area contributed by atoms with Gasteiger partial charge in [0.25, 0.3) is 0 Å². The molecule has 0 radical (unpaired) electrons. The number of nitrogens with one attached hydrogen (secondary N) is 1. The molecule has 1 aromatic carbocycles. The molecule has 5 nitrogen and oxygen atoms in total. The molecule has 0 spiro atoms. The van der Waals surface area contributed by atoms with Gasteiger partial charge in [0.15, 0.2) is 0 Å². The molecule has 0 heterocycles. The Morgan fingerprint density at radius 2 is 2.00 bits per heavy atom. The van der Waals surface area contributed by atoms with Gasteiger partial charge in [0, 0.05) is 6.04 Å². The second kappa shape index (κ2) is 8.96. The number of carboxylic acids is 1. The highest BCUT2D eigenvalue weighted by atomic mass is 16.5. The lowest BCUT2D eigenvalue weighted by Crippen LogP contribution is -2.36. The molecule has 0 saturated carbocycles.